The summed E-state index contributed by atoms with van der Waals surface area (Å²) in [6, 6.07) is 0. The maximum Gasteiger partial charge on any atom is 0.167 e. The van der Waals surface area contributed by atoms with Crippen LogP contribution in [0.2, 0.25) is 0 Å². The van der Waals surface area contributed by atoms with E-state index in [1.165, 1.54) is 0 Å². The van der Waals surface area contributed by atoms with Crippen molar-refractivity contribution in [1.82, 2.24) is 0 Å². The van der Waals surface area contributed by atoms with Crippen molar-refractivity contribution < 1.29 is 9.47 Å². The van der Waals surface area contributed by atoms with Gasteiger partial charge in [0.2, 0.25) is 0 Å². The Hall–Kier alpha value is 0.650. The largest absolute Gasteiger partial charge is 0.350 e. The van der Waals surface area contributed by atoms with Crippen molar-refractivity contribution >= 4 is 22.6 Å². The van der Waals surface area contributed by atoms with Crippen LogP contribution in [0.3, 0.4) is 0 Å². The van der Waals surface area contributed by atoms with E-state index in [1.54, 1.807) is 0 Å². The lowest BCUT2D eigenvalue weighted by atomic mass is 10.1. The molecule has 66 valence electrons. The predicted molar refractivity (Wildman–Crippen MR) is 53.0 cm³/mol. The molecule has 0 N–H and O–H groups in total. The standard InChI is InChI=1S/C8H15IO2/c1-7(9)3-5-10-8(2)4-6-11-8/h7H,3-6H2,1-2H3. The van der Waals surface area contributed by atoms with Crippen LogP contribution in [-0.4, -0.2) is 22.9 Å². The summed E-state index contributed by atoms with van der Waals surface area (Å²) in [6.45, 7) is 5.87. The molecule has 0 amide bonds. The smallest absolute Gasteiger partial charge is 0.167 e. The van der Waals surface area contributed by atoms with Crippen molar-refractivity contribution in [1.29, 1.82) is 0 Å². The second kappa shape index (κ2) is 4.05. The summed E-state index contributed by atoms with van der Waals surface area (Å²) >= 11 is 2.40. The van der Waals surface area contributed by atoms with E-state index in [2.05, 4.69) is 29.5 Å². The predicted octanol–water partition coefficient (Wildman–Crippen LogP) is 2.35. The van der Waals surface area contributed by atoms with Gasteiger partial charge in [-0.3, -0.25) is 0 Å². The van der Waals surface area contributed by atoms with Gasteiger partial charge in [-0.1, -0.05) is 29.5 Å². The fourth-order valence-electron chi connectivity index (χ4n) is 0.941. The van der Waals surface area contributed by atoms with E-state index in [1.807, 2.05) is 6.92 Å². The van der Waals surface area contributed by atoms with Crippen molar-refractivity contribution in [2.24, 2.45) is 0 Å². The zero-order chi connectivity index (χ0) is 8.32. The highest BCUT2D eigenvalue weighted by atomic mass is 127. The molecular formula is C8H15IO2. The molecule has 1 heterocycles. The van der Waals surface area contributed by atoms with Crippen molar-refractivity contribution in [2.75, 3.05) is 13.2 Å². The van der Waals surface area contributed by atoms with Gasteiger partial charge in [0, 0.05) is 10.3 Å². The van der Waals surface area contributed by atoms with E-state index < -0.39 is 0 Å². The Morgan fingerprint density at radius 1 is 1.73 bits per heavy atom. The normalized spacial score (nSPS) is 33.0. The zero-order valence-electron chi connectivity index (χ0n) is 7.10. The van der Waals surface area contributed by atoms with Gasteiger partial charge in [-0.15, -0.1) is 0 Å². The molecule has 1 fully saturated rings. The Labute approximate surface area is 81.8 Å². The average Bonchev–Trinajstić information content (AvgIpc) is 1.83. The number of halogens is 1. The lowest BCUT2D eigenvalue weighted by Crippen LogP contribution is -2.43. The van der Waals surface area contributed by atoms with Crippen LogP contribution in [0.25, 0.3) is 0 Å². The number of ether oxygens (including phenoxy) is 2. The molecule has 0 aromatic rings. The molecule has 2 unspecified atom stereocenters. The van der Waals surface area contributed by atoms with E-state index in [9.17, 15) is 0 Å². The van der Waals surface area contributed by atoms with Gasteiger partial charge in [0.25, 0.3) is 0 Å². The molecular weight excluding hydrogens is 255 g/mol. The molecule has 0 radical (unpaired) electrons. The number of alkyl halides is 1. The van der Waals surface area contributed by atoms with Gasteiger partial charge in [0.15, 0.2) is 5.79 Å². The van der Waals surface area contributed by atoms with E-state index in [4.69, 9.17) is 9.47 Å². The lowest BCUT2D eigenvalue weighted by Gasteiger charge is -2.38. The lowest BCUT2D eigenvalue weighted by molar-refractivity contribution is -0.296. The molecule has 1 saturated heterocycles. The number of hydrogen-bond acceptors (Lipinski definition) is 2. The summed E-state index contributed by atoms with van der Waals surface area (Å²) in [7, 11) is 0. The molecule has 0 spiro atoms. The highest BCUT2D eigenvalue weighted by Gasteiger charge is 2.33. The summed E-state index contributed by atoms with van der Waals surface area (Å²) in [4.78, 5) is 0. The minimum atomic E-state index is -0.245. The van der Waals surface area contributed by atoms with E-state index in [-0.39, 0.29) is 5.79 Å². The second-order valence-corrected chi connectivity index (χ2v) is 5.28. The van der Waals surface area contributed by atoms with Crippen LogP contribution in [0, 0.1) is 0 Å². The van der Waals surface area contributed by atoms with Crippen molar-refractivity contribution in [3.8, 4) is 0 Å². The van der Waals surface area contributed by atoms with E-state index in [0.717, 1.165) is 26.1 Å². The fraction of sp³-hybridized carbons (Fsp3) is 1.00. The molecule has 0 aromatic carbocycles. The molecule has 0 aliphatic carbocycles. The third-order valence-electron chi connectivity index (χ3n) is 1.89. The van der Waals surface area contributed by atoms with E-state index in [0.29, 0.717) is 3.92 Å². The van der Waals surface area contributed by atoms with Gasteiger partial charge >= 0.3 is 0 Å². The molecule has 11 heavy (non-hydrogen) atoms. The quantitative estimate of drug-likeness (QED) is 0.576. The summed E-state index contributed by atoms with van der Waals surface area (Å²) in [5, 5.41) is 0. The molecule has 0 aromatic heterocycles. The Kier molecular flexibility index (Phi) is 3.58. The topological polar surface area (TPSA) is 18.5 Å². The average molecular weight is 270 g/mol. The summed E-state index contributed by atoms with van der Waals surface area (Å²) in [5.74, 6) is -0.245. The summed E-state index contributed by atoms with van der Waals surface area (Å²) in [5.41, 5.74) is 0. The first-order valence-corrected chi connectivity index (χ1v) is 5.29. The second-order valence-electron chi connectivity index (χ2n) is 3.15. The third kappa shape index (κ3) is 3.25. The fourth-order valence-corrected chi connectivity index (χ4v) is 1.19. The van der Waals surface area contributed by atoms with Gasteiger partial charge in [0.1, 0.15) is 0 Å². The van der Waals surface area contributed by atoms with Crippen molar-refractivity contribution in [2.45, 2.75) is 36.4 Å². The minimum Gasteiger partial charge on any atom is -0.350 e. The number of rotatable bonds is 4. The van der Waals surface area contributed by atoms with Crippen LogP contribution >= 0.6 is 22.6 Å². The van der Waals surface area contributed by atoms with Crippen LogP contribution in [0.1, 0.15) is 26.7 Å². The zero-order valence-corrected chi connectivity index (χ0v) is 9.26. The third-order valence-corrected chi connectivity index (χ3v) is 2.51. The van der Waals surface area contributed by atoms with Crippen LogP contribution in [0.5, 0.6) is 0 Å². The van der Waals surface area contributed by atoms with Gasteiger partial charge in [-0.05, 0) is 13.3 Å². The molecule has 3 heteroatoms. The van der Waals surface area contributed by atoms with Gasteiger partial charge in [-0.2, -0.15) is 0 Å². The van der Waals surface area contributed by atoms with Crippen molar-refractivity contribution in [3.63, 3.8) is 0 Å². The van der Waals surface area contributed by atoms with Crippen LogP contribution < -0.4 is 0 Å². The highest BCUT2D eigenvalue weighted by molar-refractivity contribution is 14.1. The monoisotopic (exact) mass is 270 g/mol. The van der Waals surface area contributed by atoms with Crippen molar-refractivity contribution in [3.05, 3.63) is 0 Å². The molecule has 2 nitrogen and oxygen atoms in total. The Morgan fingerprint density at radius 3 is 2.73 bits per heavy atom. The Morgan fingerprint density at radius 2 is 2.36 bits per heavy atom. The SMILES string of the molecule is CC(I)CCOC1(C)CCO1. The molecule has 0 bridgehead atoms. The summed E-state index contributed by atoms with van der Waals surface area (Å²) < 4.78 is 11.5. The Bertz CT molecular complexity index is 121. The molecule has 1 rings (SSSR count). The molecule has 2 atom stereocenters. The van der Waals surface area contributed by atoms with Crippen LogP contribution in [-0.2, 0) is 9.47 Å². The molecule has 0 saturated carbocycles. The van der Waals surface area contributed by atoms with Gasteiger partial charge in [0.05, 0.1) is 13.2 Å². The van der Waals surface area contributed by atoms with E-state index >= 15 is 0 Å². The van der Waals surface area contributed by atoms with Gasteiger partial charge < -0.3 is 9.47 Å². The molecule has 1 aliphatic rings. The summed E-state index contributed by atoms with van der Waals surface area (Å²) in [6.07, 6.45) is 2.15. The maximum absolute atomic E-state index is 5.55. The first kappa shape index (κ1) is 9.74. The highest BCUT2D eigenvalue weighted by Crippen LogP contribution is 2.27. The first-order chi connectivity index (χ1) is 5.12. The minimum absolute atomic E-state index is 0.245. The first-order valence-electron chi connectivity index (χ1n) is 4.04. The van der Waals surface area contributed by atoms with Gasteiger partial charge in [-0.25, -0.2) is 0 Å². The molecule has 1 aliphatic heterocycles. The number of hydrogen-bond donors (Lipinski definition) is 0. The van der Waals surface area contributed by atoms with Crippen LogP contribution in [0.4, 0.5) is 0 Å². The van der Waals surface area contributed by atoms with Crippen LogP contribution in [0.15, 0.2) is 0 Å². The maximum atomic E-state index is 5.55. The Balaban J connectivity index is 2.02.